The number of hydrogen-bond acceptors (Lipinski definition) is 5. The first-order valence-corrected chi connectivity index (χ1v) is 9.12. The van der Waals surface area contributed by atoms with Crippen LogP contribution in [0.2, 0.25) is 5.02 Å². The predicted molar refractivity (Wildman–Crippen MR) is 113 cm³/mol. The molecule has 0 bridgehead atoms. The molecule has 0 atom stereocenters. The first-order chi connectivity index (χ1) is 14.0. The molecule has 1 heterocycles. The van der Waals surface area contributed by atoms with Gasteiger partial charge in [0, 0.05) is 11.2 Å². The van der Waals surface area contributed by atoms with Crippen molar-refractivity contribution in [3.05, 3.63) is 86.2 Å². The molecule has 0 spiro atoms. The van der Waals surface area contributed by atoms with Crippen molar-refractivity contribution in [2.45, 2.75) is 13.5 Å². The molecule has 3 aromatic rings. The molecule has 0 aliphatic heterocycles. The zero-order valence-corrected chi connectivity index (χ0v) is 16.6. The summed E-state index contributed by atoms with van der Waals surface area (Å²) in [6.45, 7) is 1.73. The van der Waals surface area contributed by atoms with Crippen LogP contribution in [0.25, 0.3) is 0 Å². The number of nitriles is 1. The van der Waals surface area contributed by atoms with Crippen LogP contribution in [0, 0.1) is 18.3 Å². The van der Waals surface area contributed by atoms with Crippen molar-refractivity contribution in [1.82, 2.24) is 4.57 Å². The summed E-state index contributed by atoms with van der Waals surface area (Å²) in [4.78, 5) is 17.1. The van der Waals surface area contributed by atoms with E-state index in [0.29, 0.717) is 22.0 Å². The van der Waals surface area contributed by atoms with Gasteiger partial charge in [-0.3, -0.25) is 14.4 Å². The average Bonchev–Trinajstić information content (AvgIpc) is 2.72. The van der Waals surface area contributed by atoms with E-state index in [1.807, 2.05) is 36.4 Å². The van der Waals surface area contributed by atoms with Crippen molar-refractivity contribution >= 4 is 23.5 Å². The second-order valence-corrected chi connectivity index (χ2v) is 6.74. The molecule has 0 fully saturated rings. The van der Waals surface area contributed by atoms with E-state index < -0.39 is 5.56 Å². The number of hydrogen-bond donors (Lipinski definition) is 1. The number of benzene rings is 2. The van der Waals surface area contributed by atoms with E-state index in [1.54, 1.807) is 25.1 Å². The third-order valence-electron chi connectivity index (χ3n) is 4.50. The summed E-state index contributed by atoms with van der Waals surface area (Å²) in [7, 11) is 1.51. The monoisotopic (exact) mass is 407 g/mol. The number of rotatable bonds is 5. The Bertz CT molecular complexity index is 1180. The van der Waals surface area contributed by atoms with Crippen LogP contribution in [0.15, 0.2) is 58.3 Å². The van der Waals surface area contributed by atoms with Crippen LogP contribution in [0.5, 0.6) is 11.6 Å². The first-order valence-electron chi connectivity index (χ1n) is 8.74. The fourth-order valence-corrected chi connectivity index (χ4v) is 3.10. The van der Waals surface area contributed by atoms with E-state index in [1.165, 1.54) is 13.3 Å². The smallest absolute Gasteiger partial charge is 0.271 e. The molecule has 0 aliphatic carbocycles. The van der Waals surface area contributed by atoms with E-state index in [2.05, 4.69) is 4.99 Å². The molecule has 0 unspecified atom stereocenters. The molecule has 7 heteroatoms. The number of pyridine rings is 1. The third kappa shape index (κ3) is 4.15. The summed E-state index contributed by atoms with van der Waals surface area (Å²) in [6, 6.07) is 16.1. The molecule has 29 heavy (non-hydrogen) atoms. The first kappa shape index (κ1) is 20.2. The molecule has 0 aliphatic rings. The fourth-order valence-electron chi connectivity index (χ4n) is 2.94. The van der Waals surface area contributed by atoms with Gasteiger partial charge in [-0.25, -0.2) is 0 Å². The lowest BCUT2D eigenvalue weighted by molar-refractivity contribution is 0.412. The highest BCUT2D eigenvalue weighted by Gasteiger charge is 2.18. The van der Waals surface area contributed by atoms with Crippen LogP contribution >= 0.6 is 11.6 Å². The van der Waals surface area contributed by atoms with Gasteiger partial charge in [0.1, 0.15) is 23.1 Å². The number of methoxy groups -OCH3 is 1. The maximum Gasteiger partial charge on any atom is 0.271 e. The lowest BCUT2D eigenvalue weighted by atomic mass is 10.1. The van der Waals surface area contributed by atoms with Crippen LogP contribution < -0.4 is 10.3 Å². The molecular formula is C22H18ClN3O3. The van der Waals surface area contributed by atoms with Crippen LogP contribution in [-0.2, 0) is 6.54 Å². The van der Waals surface area contributed by atoms with Gasteiger partial charge in [0.25, 0.3) is 5.56 Å². The van der Waals surface area contributed by atoms with E-state index in [9.17, 15) is 15.2 Å². The van der Waals surface area contributed by atoms with Crippen molar-refractivity contribution in [1.29, 1.82) is 5.26 Å². The molecule has 1 aromatic heterocycles. The molecule has 1 N–H and O–H groups in total. The van der Waals surface area contributed by atoms with E-state index in [4.69, 9.17) is 16.3 Å². The van der Waals surface area contributed by atoms with Crippen molar-refractivity contribution in [3.8, 4) is 17.7 Å². The molecule has 0 radical (unpaired) electrons. The van der Waals surface area contributed by atoms with Crippen LogP contribution in [-0.4, -0.2) is 23.0 Å². The normalized spacial score (nSPS) is 10.8. The second-order valence-electron chi connectivity index (χ2n) is 6.30. The second kappa shape index (κ2) is 8.63. The van der Waals surface area contributed by atoms with Crippen LogP contribution in [0.3, 0.4) is 0 Å². The van der Waals surface area contributed by atoms with Gasteiger partial charge in [-0.2, -0.15) is 5.26 Å². The van der Waals surface area contributed by atoms with Crippen LogP contribution in [0.4, 0.5) is 5.69 Å². The Kier molecular flexibility index (Phi) is 6.01. The Morgan fingerprint density at radius 2 is 2.00 bits per heavy atom. The molecule has 3 rings (SSSR count). The van der Waals surface area contributed by atoms with Gasteiger partial charge >= 0.3 is 0 Å². The third-order valence-corrected chi connectivity index (χ3v) is 4.74. The lowest BCUT2D eigenvalue weighted by Gasteiger charge is -2.14. The molecule has 6 nitrogen and oxygen atoms in total. The Hall–Kier alpha value is -3.56. The van der Waals surface area contributed by atoms with Gasteiger partial charge in [0.15, 0.2) is 0 Å². The van der Waals surface area contributed by atoms with Crippen LogP contribution in [0.1, 0.15) is 22.3 Å². The summed E-state index contributed by atoms with van der Waals surface area (Å²) >= 11 is 6.03. The number of halogens is 1. The Morgan fingerprint density at radius 1 is 1.28 bits per heavy atom. The number of aromatic hydroxyl groups is 1. The Morgan fingerprint density at radius 3 is 2.66 bits per heavy atom. The minimum atomic E-state index is -0.552. The average molecular weight is 408 g/mol. The maximum atomic E-state index is 12.7. The summed E-state index contributed by atoms with van der Waals surface area (Å²) < 4.78 is 6.44. The van der Waals surface area contributed by atoms with Gasteiger partial charge in [-0.15, -0.1) is 0 Å². The van der Waals surface area contributed by atoms with Gasteiger partial charge in [0.05, 0.1) is 19.2 Å². The topological polar surface area (TPSA) is 87.6 Å². The molecule has 0 amide bonds. The Labute approximate surface area is 172 Å². The van der Waals surface area contributed by atoms with Gasteiger partial charge in [-0.1, -0.05) is 41.9 Å². The van der Waals surface area contributed by atoms with Gasteiger partial charge in [0.2, 0.25) is 5.88 Å². The highest BCUT2D eigenvalue weighted by Crippen LogP contribution is 2.31. The standard InChI is InChI=1S/C22H18ClN3O3/c1-14-17(11-24)21(27)26(13-15-6-4-3-5-7-15)22(28)18(14)12-25-19-10-16(23)8-9-20(19)29-2/h3-10,12,28H,13H2,1-2H3. The van der Waals surface area contributed by atoms with E-state index >= 15 is 0 Å². The zero-order valence-electron chi connectivity index (χ0n) is 15.9. The highest BCUT2D eigenvalue weighted by atomic mass is 35.5. The summed E-state index contributed by atoms with van der Waals surface area (Å²) in [5.74, 6) is 0.237. The van der Waals surface area contributed by atoms with Crippen molar-refractivity contribution < 1.29 is 9.84 Å². The largest absolute Gasteiger partial charge is 0.494 e. The summed E-state index contributed by atoms with van der Waals surface area (Å²) in [6.07, 6.45) is 1.40. The molecule has 146 valence electrons. The van der Waals surface area contributed by atoms with E-state index in [-0.39, 0.29) is 23.6 Å². The van der Waals surface area contributed by atoms with Crippen molar-refractivity contribution in [2.24, 2.45) is 4.99 Å². The number of nitrogens with zero attached hydrogens (tertiary/aromatic N) is 3. The SMILES string of the molecule is COc1ccc(Cl)cc1N=Cc1c(C)c(C#N)c(=O)n(Cc2ccccc2)c1O. The minimum Gasteiger partial charge on any atom is -0.494 e. The predicted octanol–water partition coefficient (Wildman–Crippen LogP) is 4.19. The summed E-state index contributed by atoms with van der Waals surface area (Å²) in [5.41, 5.74) is 1.31. The molecule has 0 saturated carbocycles. The fraction of sp³-hybridized carbons (Fsp3) is 0.136. The highest BCUT2D eigenvalue weighted by molar-refractivity contribution is 6.30. The van der Waals surface area contributed by atoms with Crippen molar-refractivity contribution in [2.75, 3.05) is 7.11 Å². The maximum absolute atomic E-state index is 12.7. The summed E-state index contributed by atoms with van der Waals surface area (Å²) in [5, 5.41) is 20.8. The van der Waals surface area contributed by atoms with Gasteiger partial charge in [-0.05, 0) is 36.2 Å². The van der Waals surface area contributed by atoms with E-state index in [0.717, 1.165) is 10.1 Å². The number of aliphatic imine (C=N–C) groups is 1. The lowest BCUT2D eigenvalue weighted by Crippen LogP contribution is -2.25. The quantitative estimate of drug-likeness (QED) is 0.642. The molecule has 2 aromatic carbocycles. The zero-order chi connectivity index (χ0) is 21.0. The minimum absolute atomic E-state index is 0.0433. The number of ether oxygens (including phenoxy) is 1. The van der Waals surface area contributed by atoms with Crippen molar-refractivity contribution in [3.63, 3.8) is 0 Å². The Balaban J connectivity index is 2.14. The molecular weight excluding hydrogens is 390 g/mol. The molecule has 0 saturated heterocycles. The van der Waals surface area contributed by atoms with Gasteiger partial charge < -0.3 is 9.84 Å². The number of aromatic nitrogens is 1.